The van der Waals surface area contributed by atoms with Gasteiger partial charge in [-0.1, -0.05) is 45.0 Å². The van der Waals surface area contributed by atoms with Crippen molar-refractivity contribution in [2.75, 3.05) is 6.54 Å². The summed E-state index contributed by atoms with van der Waals surface area (Å²) in [6.45, 7) is 7.70. The Morgan fingerprint density at radius 3 is 2.58 bits per heavy atom. The van der Waals surface area contributed by atoms with Crippen LogP contribution in [0.3, 0.4) is 0 Å². The number of piperidine rings is 1. The van der Waals surface area contributed by atoms with E-state index < -0.39 is 0 Å². The van der Waals surface area contributed by atoms with Crippen molar-refractivity contribution < 1.29 is 5.11 Å². The summed E-state index contributed by atoms with van der Waals surface area (Å²) in [5.74, 6) is 1.03. The van der Waals surface area contributed by atoms with Gasteiger partial charge in [0.2, 0.25) is 0 Å². The fourth-order valence-electron chi connectivity index (χ4n) is 3.02. The normalized spacial score (nSPS) is 26.9. The molecular weight excluding hydrogens is 234 g/mol. The zero-order chi connectivity index (χ0) is 13.8. The Labute approximate surface area is 117 Å². The third-order valence-corrected chi connectivity index (χ3v) is 4.56. The molecule has 4 atom stereocenters. The fourth-order valence-corrected chi connectivity index (χ4v) is 3.02. The Kier molecular flexibility index (Phi) is 5.00. The van der Waals surface area contributed by atoms with E-state index in [2.05, 4.69) is 50.4 Å². The van der Waals surface area contributed by atoms with Gasteiger partial charge in [-0.25, -0.2) is 0 Å². The minimum atomic E-state index is -0.367. The Balaban J connectivity index is 2.02. The SMILES string of the molecule is CCc1ccc(C(O)C(C)C2CC(C)CCN2)cc1. The molecule has 1 fully saturated rings. The number of aliphatic hydroxyl groups excluding tert-OH is 1. The molecule has 2 rings (SSSR count). The van der Waals surface area contributed by atoms with Crippen molar-refractivity contribution in [3.05, 3.63) is 35.4 Å². The van der Waals surface area contributed by atoms with Crippen molar-refractivity contribution in [2.45, 2.75) is 52.2 Å². The summed E-state index contributed by atoms with van der Waals surface area (Å²) >= 11 is 0. The van der Waals surface area contributed by atoms with E-state index in [9.17, 15) is 5.11 Å². The molecule has 106 valence electrons. The van der Waals surface area contributed by atoms with Crippen LogP contribution in [0, 0.1) is 11.8 Å². The number of aryl methyl sites for hydroxylation is 1. The first-order valence-electron chi connectivity index (χ1n) is 7.62. The molecule has 0 aliphatic carbocycles. The summed E-state index contributed by atoms with van der Waals surface area (Å²) in [5, 5.41) is 14.1. The molecule has 1 heterocycles. The Morgan fingerprint density at radius 1 is 1.32 bits per heavy atom. The van der Waals surface area contributed by atoms with Crippen molar-refractivity contribution in [2.24, 2.45) is 11.8 Å². The zero-order valence-corrected chi connectivity index (χ0v) is 12.4. The fraction of sp³-hybridized carbons (Fsp3) is 0.647. The third-order valence-electron chi connectivity index (χ3n) is 4.56. The van der Waals surface area contributed by atoms with Crippen LogP contribution in [-0.2, 0) is 6.42 Å². The van der Waals surface area contributed by atoms with Gasteiger partial charge in [0.05, 0.1) is 6.10 Å². The lowest BCUT2D eigenvalue weighted by Gasteiger charge is -2.35. The average Bonchev–Trinajstić information content (AvgIpc) is 2.46. The highest BCUT2D eigenvalue weighted by Crippen LogP contribution is 2.29. The Bertz CT molecular complexity index is 387. The number of hydrogen-bond donors (Lipinski definition) is 2. The summed E-state index contributed by atoms with van der Waals surface area (Å²) < 4.78 is 0. The lowest BCUT2D eigenvalue weighted by molar-refractivity contribution is 0.0799. The first-order valence-corrected chi connectivity index (χ1v) is 7.62. The van der Waals surface area contributed by atoms with Crippen molar-refractivity contribution in [1.29, 1.82) is 0 Å². The van der Waals surface area contributed by atoms with Crippen LogP contribution in [0.4, 0.5) is 0 Å². The van der Waals surface area contributed by atoms with E-state index in [1.807, 2.05) is 0 Å². The highest BCUT2D eigenvalue weighted by atomic mass is 16.3. The lowest BCUT2D eigenvalue weighted by atomic mass is 9.83. The number of rotatable bonds is 4. The molecule has 4 unspecified atom stereocenters. The van der Waals surface area contributed by atoms with Crippen molar-refractivity contribution >= 4 is 0 Å². The summed E-state index contributed by atoms with van der Waals surface area (Å²) in [7, 11) is 0. The van der Waals surface area contributed by atoms with Crippen molar-refractivity contribution in [3.8, 4) is 0 Å². The quantitative estimate of drug-likeness (QED) is 0.871. The predicted molar refractivity (Wildman–Crippen MR) is 80.1 cm³/mol. The maximum Gasteiger partial charge on any atom is 0.0830 e. The first kappa shape index (κ1) is 14.5. The molecule has 2 nitrogen and oxygen atoms in total. The van der Waals surface area contributed by atoms with Gasteiger partial charge >= 0.3 is 0 Å². The zero-order valence-electron chi connectivity index (χ0n) is 12.4. The standard InChI is InChI=1S/C17H27NO/c1-4-14-5-7-15(8-6-14)17(19)13(3)16-11-12(2)9-10-18-16/h5-8,12-13,16-19H,4,9-11H2,1-3H3. The smallest absolute Gasteiger partial charge is 0.0830 e. The van der Waals surface area contributed by atoms with Crippen LogP contribution in [-0.4, -0.2) is 17.7 Å². The second-order valence-corrected chi connectivity index (χ2v) is 6.09. The molecule has 0 aromatic heterocycles. The molecule has 0 bridgehead atoms. The van der Waals surface area contributed by atoms with Gasteiger partial charge in [-0.05, 0) is 42.9 Å². The van der Waals surface area contributed by atoms with Gasteiger partial charge < -0.3 is 10.4 Å². The van der Waals surface area contributed by atoms with E-state index >= 15 is 0 Å². The van der Waals surface area contributed by atoms with E-state index in [4.69, 9.17) is 0 Å². The van der Waals surface area contributed by atoms with Gasteiger partial charge in [-0.2, -0.15) is 0 Å². The Morgan fingerprint density at radius 2 is 2.00 bits per heavy atom. The van der Waals surface area contributed by atoms with Crippen molar-refractivity contribution in [1.82, 2.24) is 5.32 Å². The number of aliphatic hydroxyl groups is 1. The Hall–Kier alpha value is -0.860. The predicted octanol–water partition coefficient (Wildman–Crippen LogP) is 3.31. The average molecular weight is 261 g/mol. The maximum atomic E-state index is 10.6. The molecular formula is C17H27NO. The molecule has 1 aromatic rings. The summed E-state index contributed by atoms with van der Waals surface area (Å²) in [6, 6.07) is 8.84. The highest BCUT2D eigenvalue weighted by molar-refractivity contribution is 5.24. The number of hydrogen-bond acceptors (Lipinski definition) is 2. The van der Waals surface area contributed by atoms with Gasteiger partial charge in [-0.15, -0.1) is 0 Å². The molecule has 19 heavy (non-hydrogen) atoms. The van der Waals surface area contributed by atoms with E-state index in [0.717, 1.165) is 24.4 Å². The maximum absolute atomic E-state index is 10.6. The summed E-state index contributed by atoms with van der Waals surface area (Å²) in [6.07, 6.45) is 3.11. The molecule has 0 amide bonds. The number of benzene rings is 1. The molecule has 1 aliphatic heterocycles. The van der Waals surface area contributed by atoms with E-state index in [1.54, 1.807) is 0 Å². The molecule has 1 aliphatic rings. The summed E-state index contributed by atoms with van der Waals surface area (Å²) in [5.41, 5.74) is 2.37. The van der Waals surface area contributed by atoms with Crippen LogP contribution in [0.2, 0.25) is 0 Å². The largest absolute Gasteiger partial charge is 0.388 e. The second-order valence-electron chi connectivity index (χ2n) is 6.09. The minimum Gasteiger partial charge on any atom is -0.388 e. The van der Waals surface area contributed by atoms with Crippen molar-refractivity contribution in [3.63, 3.8) is 0 Å². The molecule has 0 saturated carbocycles. The molecule has 1 saturated heterocycles. The monoisotopic (exact) mass is 261 g/mol. The molecule has 1 aromatic carbocycles. The van der Waals surface area contributed by atoms with Gasteiger partial charge in [0.1, 0.15) is 0 Å². The first-order chi connectivity index (χ1) is 9.11. The van der Waals surface area contributed by atoms with Crippen LogP contribution in [0.25, 0.3) is 0 Å². The van der Waals surface area contributed by atoms with Crippen LogP contribution < -0.4 is 5.32 Å². The highest BCUT2D eigenvalue weighted by Gasteiger charge is 2.28. The van der Waals surface area contributed by atoms with Gasteiger partial charge in [0.25, 0.3) is 0 Å². The lowest BCUT2D eigenvalue weighted by Crippen LogP contribution is -2.43. The molecule has 2 N–H and O–H groups in total. The molecule has 2 heteroatoms. The third kappa shape index (κ3) is 3.58. The number of nitrogens with one attached hydrogen (secondary N) is 1. The van der Waals surface area contributed by atoms with Crippen LogP contribution >= 0.6 is 0 Å². The molecule has 0 spiro atoms. The van der Waals surface area contributed by atoms with E-state index in [0.29, 0.717) is 6.04 Å². The summed E-state index contributed by atoms with van der Waals surface area (Å²) in [4.78, 5) is 0. The van der Waals surface area contributed by atoms with Crippen LogP contribution in [0.1, 0.15) is 50.8 Å². The van der Waals surface area contributed by atoms with E-state index in [-0.39, 0.29) is 12.0 Å². The van der Waals surface area contributed by atoms with E-state index in [1.165, 1.54) is 18.4 Å². The van der Waals surface area contributed by atoms with Gasteiger partial charge in [-0.3, -0.25) is 0 Å². The van der Waals surface area contributed by atoms with Crippen LogP contribution in [0.5, 0.6) is 0 Å². The van der Waals surface area contributed by atoms with Crippen LogP contribution in [0.15, 0.2) is 24.3 Å². The molecule has 0 radical (unpaired) electrons. The van der Waals surface area contributed by atoms with Gasteiger partial charge in [0.15, 0.2) is 0 Å². The topological polar surface area (TPSA) is 32.3 Å². The second kappa shape index (κ2) is 6.53. The van der Waals surface area contributed by atoms with Gasteiger partial charge in [0, 0.05) is 12.0 Å². The minimum absolute atomic E-state index is 0.259.